The predicted molar refractivity (Wildman–Crippen MR) is 105 cm³/mol. The van der Waals surface area contributed by atoms with Crippen LogP contribution in [0.15, 0.2) is 59.5 Å². The minimum atomic E-state index is -1.37. The van der Waals surface area contributed by atoms with Crippen LogP contribution >= 0.6 is 0 Å². The number of esters is 1. The minimum Gasteiger partial charge on any atom is -0.444 e. The average molecular weight is 402 g/mol. The van der Waals surface area contributed by atoms with Crippen LogP contribution in [-0.4, -0.2) is 34.4 Å². The molecule has 0 unspecified atom stereocenters. The summed E-state index contributed by atoms with van der Waals surface area (Å²) in [6.45, 7) is 3.79. The van der Waals surface area contributed by atoms with Gasteiger partial charge in [0.25, 0.3) is 5.91 Å². The SMILES string of the molecule is CCNC(=O)NC(=O)[C@H](OC(=O)c1ccccc1[S@@](=O)CC)c1ccccc1. The van der Waals surface area contributed by atoms with Gasteiger partial charge in [-0.25, -0.2) is 9.59 Å². The number of hydrogen-bond acceptors (Lipinski definition) is 5. The van der Waals surface area contributed by atoms with Crippen molar-refractivity contribution in [2.24, 2.45) is 0 Å². The van der Waals surface area contributed by atoms with Gasteiger partial charge in [-0.05, 0) is 19.1 Å². The fourth-order valence-electron chi connectivity index (χ4n) is 2.44. The molecule has 0 radical (unpaired) electrons. The zero-order valence-corrected chi connectivity index (χ0v) is 16.5. The first kappa shape index (κ1) is 21.3. The first-order chi connectivity index (χ1) is 13.5. The summed E-state index contributed by atoms with van der Waals surface area (Å²) in [5.41, 5.74) is 0.529. The van der Waals surface area contributed by atoms with Crippen LogP contribution in [0.1, 0.15) is 35.9 Å². The van der Waals surface area contributed by atoms with Crippen LogP contribution in [0.3, 0.4) is 0 Å². The number of benzene rings is 2. The number of nitrogens with one attached hydrogen (secondary N) is 2. The molecule has 2 N–H and O–H groups in total. The summed E-state index contributed by atoms with van der Waals surface area (Å²) >= 11 is 0. The Hall–Kier alpha value is -3.00. The third kappa shape index (κ3) is 5.50. The van der Waals surface area contributed by atoms with Crippen LogP contribution in [0.4, 0.5) is 4.79 Å². The van der Waals surface area contributed by atoms with Crippen LogP contribution in [0.25, 0.3) is 0 Å². The highest BCUT2D eigenvalue weighted by Gasteiger charge is 2.28. The summed E-state index contributed by atoms with van der Waals surface area (Å²) in [7, 11) is -1.37. The summed E-state index contributed by atoms with van der Waals surface area (Å²) in [6, 6.07) is 14.1. The van der Waals surface area contributed by atoms with Gasteiger partial charge in [0.1, 0.15) is 0 Å². The Bertz CT molecular complexity index is 870. The highest BCUT2D eigenvalue weighted by atomic mass is 32.2. The van der Waals surface area contributed by atoms with E-state index in [0.29, 0.717) is 22.8 Å². The van der Waals surface area contributed by atoms with Gasteiger partial charge in [0.2, 0.25) is 6.10 Å². The van der Waals surface area contributed by atoms with Gasteiger partial charge in [-0.1, -0.05) is 49.4 Å². The molecule has 8 heteroatoms. The topological polar surface area (TPSA) is 102 Å². The highest BCUT2D eigenvalue weighted by Crippen LogP contribution is 2.22. The molecule has 2 aromatic carbocycles. The smallest absolute Gasteiger partial charge is 0.340 e. The maximum atomic E-state index is 12.7. The van der Waals surface area contributed by atoms with Crippen LogP contribution in [0, 0.1) is 0 Å². The van der Waals surface area contributed by atoms with E-state index in [4.69, 9.17) is 4.74 Å². The lowest BCUT2D eigenvalue weighted by Gasteiger charge is -2.18. The van der Waals surface area contributed by atoms with Crippen LogP contribution < -0.4 is 10.6 Å². The van der Waals surface area contributed by atoms with E-state index in [2.05, 4.69) is 10.6 Å². The van der Waals surface area contributed by atoms with E-state index in [1.54, 1.807) is 62.4 Å². The summed E-state index contributed by atoms with van der Waals surface area (Å²) in [6.07, 6.45) is -1.33. The minimum absolute atomic E-state index is 0.120. The molecule has 3 amide bonds. The molecule has 148 valence electrons. The van der Waals surface area contributed by atoms with Crippen molar-refractivity contribution in [2.45, 2.75) is 24.8 Å². The van der Waals surface area contributed by atoms with Gasteiger partial charge in [-0.3, -0.25) is 14.3 Å². The summed E-state index contributed by atoms with van der Waals surface area (Å²) < 4.78 is 17.7. The van der Waals surface area contributed by atoms with E-state index in [-0.39, 0.29) is 5.56 Å². The second kappa shape index (κ2) is 10.4. The van der Waals surface area contributed by atoms with Crippen LogP contribution in [-0.2, 0) is 20.3 Å². The second-order valence-electron chi connectivity index (χ2n) is 5.68. The summed E-state index contributed by atoms with van der Waals surface area (Å²) in [4.78, 5) is 37.4. The monoisotopic (exact) mass is 402 g/mol. The average Bonchev–Trinajstić information content (AvgIpc) is 2.71. The number of amides is 3. The molecule has 0 aliphatic rings. The third-order valence-electron chi connectivity index (χ3n) is 3.75. The maximum Gasteiger partial charge on any atom is 0.340 e. The molecule has 0 spiro atoms. The van der Waals surface area contributed by atoms with Crippen molar-refractivity contribution in [1.29, 1.82) is 0 Å². The van der Waals surface area contributed by atoms with Crippen molar-refractivity contribution in [3.8, 4) is 0 Å². The number of hydrogen-bond donors (Lipinski definition) is 2. The Morgan fingerprint density at radius 1 is 1.00 bits per heavy atom. The van der Waals surface area contributed by atoms with Gasteiger partial charge in [0.05, 0.1) is 21.3 Å². The van der Waals surface area contributed by atoms with Crippen LogP contribution in [0.2, 0.25) is 0 Å². The number of carbonyl (C=O) groups excluding carboxylic acids is 3. The van der Waals surface area contributed by atoms with Crippen molar-refractivity contribution in [2.75, 3.05) is 12.3 Å². The van der Waals surface area contributed by atoms with Gasteiger partial charge in [-0.15, -0.1) is 0 Å². The molecule has 0 saturated heterocycles. The predicted octanol–water partition coefficient (Wildman–Crippen LogP) is 2.56. The van der Waals surface area contributed by atoms with Gasteiger partial charge < -0.3 is 10.1 Å². The molecule has 2 atom stereocenters. The van der Waals surface area contributed by atoms with Crippen molar-refractivity contribution < 1.29 is 23.3 Å². The fourth-order valence-corrected chi connectivity index (χ4v) is 3.38. The highest BCUT2D eigenvalue weighted by molar-refractivity contribution is 7.85. The normalized spacial score (nSPS) is 12.5. The number of urea groups is 1. The number of ether oxygens (including phenoxy) is 1. The lowest BCUT2D eigenvalue weighted by molar-refractivity contribution is -0.129. The largest absolute Gasteiger partial charge is 0.444 e. The standard InChI is InChI=1S/C20H22N2O5S/c1-3-21-20(25)22-18(23)17(14-10-6-5-7-11-14)27-19(24)15-12-8-9-13-16(15)28(26)4-2/h5-13,17H,3-4H2,1-2H3,(H2,21,22,23,25)/t17-,28+/m1/s1. The molecule has 28 heavy (non-hydrogen) atoms. The Balaban J connectivity index is 2.31. The van der Waals surface area contributed by atoms with Crippen molar-refractivity contribution in [3.63, 3.8) is 0 Å². The molecule has 0 bridgehead atoms. The molecule has 0 heterocycles. The van der Waals surface area contributed by atoms with E-state index in [1.807, 2.05) is 0 Å². The number of rotatable bonds is 7. The van der Waals surface area contributed by atoms with Gasteiger partial charge in [0.15, 0.2) is 0 Å². The Morgan fingerprint density at radius 2 is 1.64 bits per heavy atom. The zero-order chi connectivity index (χ0) is 20.5. The zero-order valence-electron chi connectivity index (χ0n) is 15.6. The van der Waals surface area contributed by atoms with Gasteiger partial charge in [0, 0.05) is 17.9 Å². The Morgan fingerprint density at radius 3 is 2.29 bits per heavy atom. The summed E-state index contributed by atoms with van der Waals surface area (Å²) in [5, 5.41) is 4.61. The number of carbonyl (C=O) groups is 3. The molecule has 2 aromatic rings. The Labute approximate surface area is 165 Å². The third-order valence-corrected chi connectivity index (χ3v) is 5.12. The van der Waals surface area contributed by atoms with E-state index in [0.717, 1.165) is 0 Å². The van der Waals surface area contributed by atoms with E-state index in [9.17, 15) is 18.6 Å². The quantitative estimate of drug-likeness (QED) is 0.693. The molecule has 0 saturated carbocycles. The molecular formula is C20H22N2O5S. The van der Waals surface area contributed by atoms with Crippen LogP contribution in [0.5, 0.6) is 0 Å². The first-order valence-corrected chi connectivity index (χ1v) is 10.1. The molecule has 7 nitrogen and oxygen atoms in total. The molecule has 0 fully saturated rings. The Kier molecular flexibility index (Phi) is 7.88. The lowest BCUT2D eigenvalue weighted by atomic mass is 10.1. The van der Waals surface area contributed by atoms with Gasteiger partial charge >= 0.3 is 12.0 Å². The molecular weight excluding hydrogens is 380 g/mol. The first-order valence-electron chi connectivity index (χ1n) is 8.79. The van der Waals surface area contributed by atoms with Crippen molar-refractivity contribution in [3.05, 3.63) is 65.7 Å². The molecule has 2 rings (SSSR count). The van der Waals surface area contributed by atoms with Gasteiger partial charge in [-0.2, -0.15) is 0 Å². The van der Waals surface area contributed by atoms with Crippen molar-refractivity contribution >= 4 is 28.7 Å². The van der Waals surface area contributed by atoms with Crippen molar-refractivity contribution in [1.82, 2.24) is 10.6 Å². The molecule has 0 aromatic heterocycles. The second-order valence-corrected chi connectivity index (χ2v) is 7.38. The lowest BCUT2D eigenvalue weighted by Crippen LogP contribution is -2.42. The van der Waals surface area contributed by atoms with E-state index in [1.165, 1.54) is 6.07 Å². The van der Waals surface area contributed by atoms with E-state index >= 15 is 0 Å². The number of imide groups is 1. The fraction of sp³-hybridized carbons (Fsp3) is 0.250. The molecule has 0 aliphatic carbocycles. The van der Waals surface area contributed by atoms with E-state index < -0.39 is 34.8 Å². The molecule has 0 aliphatic heterocycles. The summed E-state index contributed by atoms with van der Waals surface area (Å²) in [5.74, 6) is -1.23. The maximum absolute atomic E-state index is 12.7.